The molecule has 0 fully saturated rings. The summed E-state index contributed by atoms with van der Waals surface area (Å²) in [5.74, 6) is 0.374. The normalized spacial score (nSPS) is 20.4. The first-order valence-electron chi connectivity index (χ1n) is 9.74. The van der Waals surface area contributed by atoms with Crippen LogP contribution in [0.25, 0.3) is 16.7 Å². The molecule has 2 unspecified atom stereocenters. The van der Waals surface area contributed by atoms with Gasteiger partial charge in [-0.1, -0.05) is 0 Å². The summed E-state index contributed by atoms with van der Waals surface area (Å²) in [6, 6.07) is 18.3. The zero-order valence-corrected chi connectivity index (χ0v) is 20.1. The number of fused-ring (bicyclic) bond motifs is 5. The van der Waals surface area contributed by atoms with E-state index in [4.69, 9.17) is 0 Å². The van der Waals surface area contributed by atoms with E-state index in [1.54, 1.807) is 35.9 Å². The van der Waals surface area contributed by atoms with Crippen molar-refractivity contribution in [3.8, 4) is 11.1 Å². The molecule has 0 amide bonds. The van der Waals surface area contributed by atoms with E-state index in [1.807, 2.05) is 0 Å². The van der Waals surface area contributed by atoms with Crippen LogP contribution in [-0.4, -0.2) is 4.57 Å². The molecule has 3 aliphatic rings. The fraction of sp³-hybridized carbons (Fsp3) is 0.200. The van der Waals surface area contributed by atoms with Crippen molar-refractivity contribution in [1.29, 1.82) is 0 Å². The number of hydrogen-bond donors (Lipinski definition) is 0. The second-order valence-corrected chi connectivity index (χ2v) is 9.28. The Hall–Kier alpha value is -1.34. The fourth-order valence-electron chi connectivity index (χ4n) is 5.40. The molecular weight excluding hydrogens is 476 g/mol. The average molecular weight is 497 g/mol. The molecule has 0 radical (unpaired) electrons. The minimum absolute atomic E-state index is 0. The molecule has 0 spiro atoms. The molecular formula is C25H20Cl2NZr. The smallest absolute Gasteiger partial charge is 1.00 e. The molecule has 143 valence electrons. The number of nitrogens with zero attached hydrogens (tertiary/aromatic N) is 1. The summed E-state index contributed by atoms with van der Waals surface area (Å²) in [5.41, 5.74) is 13.6. The van der Waals surface area contributed by atoms with Crippen molar-refractivity contribution in [1.82, 2.24) is 4.57 Å². The van der Waals surface area contributed by atoms with E-state index in [0.717, 1.165) is 0 Å². The van der Waals surface area contributed by atoms with Gasteiger partial charge >= 0.3 is 176 Å². The molecule has 3 aromatic rings. The van der Waals surface area contributed by atoms with Gasteiger partial charge in [-0.3, -0.25) is 0 Å². The van der Waals surface area contributed by atoms with Gasteiger partial charge in [-0.15, -0.1) is 0 Å². The predicted molar refractivity (Wildman–Crippen MR) is 106 cm³/mol. The molecule has 0 bridgehead atoms. The Labute approximate surface area is 199 Å². The average Bonchev–Trinajstić information content (AvgIpc) is 3.34. The molecule has 6 rings (SSSR count). The van der Waals surface area contributed by atoms with Crippen molar-refractivity contribution >= 4 is 5.57 Å². The molecule has 1 nitrogen and oxygen atoms in total. The molecule has 29 heavy (non-hydrogen) atoms. The van der Waals surface area contributed by atoms with E-state index < -0.39 is 0 Å². The summed E-state index contributed by atoms with van der Waals surface area (Å²) in [6.45, 7) is 0. The van der Waals surface area contributed by atoms with Crippen molar-refractivity contribution in [3.05, 3.63) is 100 Å². The second-order valence-electron chi connectivity index (χ2n) is 7.86. The number of rotatable bonds is 1. The third-order valence-electron chi connectivity index (χ3n) is 6.54. The van der Waals surface area contributed by atoms with Crippen LogP contribution in [0.2, 0.25) is 0 Å². The van der Waals surface area contributed by atoms with Gasteiger partial charge in [0.2, 0.25) is 0 Å². The molecule has 4 heteroatoms. The zero-order valence-electron chi connectivity index (χ0n) is 16.1. The van der Waals surface area contributed by atoms with Crippen LogP contribution in [0.1, 0.15) is 50.3 Å². The molecule has 1 aromatic heterocycles. The van der Waals surface area contributed by atoms with E-state index in [1.165, 1.54) is 51.9 Å². The number of benzene rings is 2. The van der Waals surface area contributed by atoms with Gasteiger partial charge in [0.15, 0.2) is 0 Å². The maximum Gasteiger partial charge on any atom is -1.00 e. The van der Waals surface area contributed by atoms with Crippen molar-refractivity contribution in [2.75, 3.05) is 0 Å². The Morgan fingerprint density at radius 3 is 2.52 bits per heavy atom. The third kappa shape index (κ3) is 2.83. The number of hydrogen-bond acceptors (Lipinski definition) is 0. The maximum absolute atomic E-state index is 2.41. The van der Waals surface area contributed by atoms with Crippen LogP contribution >= 0.6 is 0 Å². The number of aromatic nitrogens is 1. The molecule has 0 aliphatic heterocycles. The fourth-order valence-corrected chi connectivity index (χ4v) is 6.81. The summed E-state index contributed by atoms with van der Waals surface area (Å²) in [5, 5.41) is 0. The van der Waals surface area contributed by atoms with Crippen LogP contribution in [0.15, 0.2) is 72.5 Å². The molecule has 2 atom stereocenters. The molecule has 0 N–H and O–H groups in total. The maximum atomic E-state index is 2.41. The van der Waals surface area contributed by atoms with E-state index in [-0.39, 0.29) is 24.8 Å². The summed E-state index contributed by atoms with van der Waals surface area (Å²) < 4.78 is 2.90. The predicted octanol–water partition coefficient (Wildman–Crippen LogP) is -0.101. The van der Waals surface area contributed by atoms with Gasteiger partial charge in [0.25, 0.3) is 0 Å². The first kappa shape index (κ1) is 20.9. The SMILES string of the molecule is Cn1ccc2c1C(c1cccc3c1[CH]([Zr+2])c1ccccc1-3)C1=C2CCC=C1.[Cl-].[Cl-]. The molecule has 0 saturated carbocycles. The van der Waals surface area contributed by atoms with Crippen LogP contribution in [-0.2, 0) is 31.8 Å². The summed E-state index contributed by atoms with van der Waals surface area (Å²) in [7, 11) is 2.21. The van der Waals surface area contributed by atoms with Gasteiger partial charge in [0.1, 0.15) is 0 Å². The van der Waals surface area contributed by atoms with E-state index >= 15 is 0 Å². The number of allylic oxidation sites excluding steroid dienone is 4. The van der Waals surface area contributed by atoms with E-state index in [2.05, 4.69) is 78.5 Å². The Kier molecular flexibility index (Phi) is 5.58. The number of aryl methyl sites for hydroxylation is 1. The van der Waals surface area contributed by atoms with Crippen molar-refractivity contribution < 1.29 is 49.5 Å². The second kappa shape index (κ2) is 7.73. The zero-order chi connectivity index (χ0) is 18.1. The number of halogens is 2. The Balaban J connectivity index is 0.00000102. The monoisotopic (exact) mass is 494 g/mol. The van der Waals surface area contributed by atoms with E-state index in [0.29, 0.717) is 9.54 Å². The minimum Gasteiger partial charge on any atom is -1.00 e. The molecule has 3 aliphatic carbocycles. The topological polar surface area (TPSA) is 4.93 Å². The molecule has 0 saturated heterocycles. The van der Waals surface area contributed by atoms with Crippen LogP contribution in [0.4, 0.5) is 0 Å². The largest absolute Gasteiger partial charge is 1.00 e. The minimum atomic E-state index is 0. The molecule has 2 aromatic carbocycles. The van der Waals surface area contributed by atoms with Crippen molar-refractivity contribution in [3.63, 3.8) is 0 Å². The van der Waals surface area contributed by atoms with Crippen LogP contribution < -0.4 is 24.8 Å². The van der Waals surface area contributed by atoms with Gasteiger partial charge < -0.3 is 24.8 Å². The standard InChI is InChI=1S/C25H20N.2ClH.Zr/c1-26-14-13-22-19-9-4-5-10-20(19)24(25(22)26)21-12-6-11-18-17-8-3-2-7-16(17)15-23(18)21;;;/h2-3,5-8,10-15,24H,4,9H2,1H3;2*1H;/q;;;+2/p-2. The van der Waals surface area contributed by atoms with Gasteiger partial charge in [0, 0.05) is 0 Å². The van der Waals surface area contributed by atoms with Crippen LogP contribution in [0.3, 0.4) is 0 Å². The molecule has 1 heterocycles. The first-order chi connectivity index (χ1) is 13.3. The Morgan fingerprint density at radius 2 is 1.66 bits per heavy atom. The van der Waals surface area contributed by atoms with E-state index in [9.17, 15) is 0 Å². The third-order valence-corrected chi connectivity index (χ3v) is 8.01. The van der Waals surface area contributed by atoms with Crippen molar-refractivity contribution in [2.24, 2.45) is 7.05 Å². The summed E-state index contributed by atoms with van der Waals surface area (Å²) in [6.07, 6.45) is 9.36. The summed E-state index contributed by atoms with van der Waals surface area (Å²) in [4.78, 5) is 0. The Bertz CT molecular complexity index is 1170. The van der Waals surface area contributed by atoms with Crippen molar-refractivity contribution in [2.45, 2.75) is 22.4 Å². The quantitative estimate of drug-likeness (QED) is 0.444. The van der Waals surface area contributed by atoms with Gasteiger partial charge in [-0.25, -0.2) is 0 Å². The summed E-state index contributed by atoms with van der Waals surface area (Å²) >= 11 is 1.58. The van der Waals surface area contributed by atoms with Gasteiger partial charge in [-0.2, -0.15) is 0 Å². The first-order valence-corrected chi connectivity index (χ1v) is 11.2. The van der Waals surface area contributed by atoms with Crippen LogP contribution in [0, 0.1) is 0 Å². The van der Waals surface area contributed by atoms with Crippen LogP contribution in [0.5, 0.6) is 0 Å². The van der Waals surface area contributed by atoms with Gasteiger partial charge in [0.05, 0.1) is 0 Å². The van der Waals surface area contributed by atoms with Gasteiger partial charge in [-0.05, 0) is 0 Å². The Morgan fingerprint density at radius 1 is 0.897 bits per heavy atom.